The Labute approximate surface area is 134 Å². The first kappa shape index (κ1) is 16.0. The number of rotatable bonds is 5. The average molecular weight is 358 g/mol. The molecule has 4 heteroatoms. The number of alkyl halides is 1. The highest BCUT2D eigenvalue weighted by atomic mass is 79.9. The molecule has 0 fully saturated rings. The van der Waals surface area contributed by atoms with Crippen molar-refractivity contribution < 1.29 is 4.79 Å². The zero-order valence-corrected chi connectivity index (χ0v) is 14.8. The standard InChI is InChI=1S/C16H24BrNOS/c1-3-16(4-2,11-17)18-15(19)14-10-12-8-6-5-7-9-13(12)20-14/h10H,3-9,11H2,1-2H3,(H,18,19). The zero-order valence-electron chi connectivity index (χ0n) is 12.4. The summed E-state index contributed by atoms with van der Waals surface area (Å²) < 4.78 is 0. The monoisotopic (exact) mass is 357 g/mol. The summed E-state index contributed by atoms with van der Waals surface area (Å²) in [6.07, 6.45) is 8.05. The van der Waals surface area contributed by atoms with Gasteiger partial charge in [0.15, 0.2) is 0 Å². The molecule has 0 bridgehead atoms. The van der Waals surface area contributed by atoms with Gasteiger partial charge in [-0.05, 0) is 50.2 Å². The number of aryl methyl sites for hydroxylation is 2. The van der Waals surface area contributed by atoms with Gasteiger partial charge in [-0.15, -0.1) is 11.3 Å². The average Bonchev–Trinajstić information content (AvgIpc) is 2.76. The first-order valence-electron chi connectivity index (χ1n) is 7.64. The molecule has 20 heavy (non-hydrogen) atoms. The lowest BCUT2D eigenvalue weighted by Crippen LogP contribution is -2.48. The van der Waals surface area contributed by atoms with Crippen molar-refractivity contribution in [2.45, 2.75) is 64.3 Å². The van der Waals surface area contributed by atoms with Crippen LogP contribution in [0.5, 0.6) is 0 Å². The van der Waals surface area contributed by atoms with Crippen LogP contribution in [0, 0.1) is 0 Å². The van der Waals surface area contributed by atoms with E-state index in [0.717, 1.165) is 35.9 Å². The smallest absolute Gasteiger partial charge is 0.261 e. The van der Waals surface area contributed by atoms with E-state index in [1.165, 1.54) is 29.7 Å². The molecule has 1 heterocycles. The van der Waals surface area contributed by atoms with E-state index in [1.54, 1.807) is 11.3 Å². The predicted octanol–water partition coefficient (Wildman–Crippen LogP) is 4.70. The minimum Gasteiger partial charge on any atom is -0.345 e. The van der Waals surface area contributed by atoms with Crippen molar-refractivity contribution in [2.24, 2.45) is 0 Å². The molecule has 1 N–H and O–H groups in total. The van der Waals surface area contributed by atoms with Crippen molar-refractivity contribution in [3.8, 4) is 0 Å². The van der Waals surface area contributed by atoms with Gasteiger partial charge in [-0.3, -0.25) is 4.79 Å². The maximum atomic E-state index is 12.5. The molecule has 0 aliphatic heterocycles. The van der Waals surface area contributed by atoms with E-state index in [-0.39, 0.29) is 11.4 Å². The van der Waals surface area contributed by atoms with E-state index in [1.807, 2.05) is 0 Å². The summed E-state index contributed by atoms with van der Waals surface area (Å²) in [6.45, 7) is 4.27. The first-order valence-corrected chi connectivity index (χ1v) is 9.58. The van der Waals surface area contributed by atoms with Gasteiger partial charge in [0.2, 0.25) is 0 Å². The van der Waals surface area contributed by atoms with Crippen molar-refractivity contribution in [1.82, 2.24) is 5.32 Å². The van der Waals surface area contributed by atoms with Gasteiger partial charge in [0.25, 0.3) is 5.91 Å². The van der Waals surface area contributed by atoms with Crippen molar-refractivity contribution in [3.05, 3.63) is 21.4 Å². The van der Waals surface area contributed by atoms with Crippen LogP contribution in [0.1, 0.15) is 66.1 Å². The normalized spacial score (nSPS) is 15.6. The molecular weight excluding hydrogens is 334 g/mol. The van der Waals surface area contributed by atoms with E-state index >= 15 is 0 Å². The lowest BCUT2D eigenvalue weighted by Gasteiger charge is -2.30. The van der Waals surface area contributed by atoms with Crippen molar-refractivity contribution in [2.75, 3.05) is 5.33 Å². The largest absolute Gasteiger partial charge is 0.345 e. The van der Waals surface area contributed by atoms with Crippen molar-refractivity contribution in [3.63, 3.8) is 0 Å². The van der Waals surface area contributed by atoms with E-state index in [2.05, 4.69) is 41.2 Å². The van der Waals surface area contributed by atoms with Crippen LogP contribution in [-0.2, 0) is 12.8 Å². The number of thiophene rings is 1. The molecule has 0 saturated heterocycles. The lowest BCUT2D eigenvalue weighted by molar-refractivity contribution is 0.0908. The summed E-state index contributed by atoms with van der Waals surface area (Å²) in [5.74, 6) is 0.103. The highest BCUT2D eigenvalue weighted by Gasteiger charge is 2.28. The third-order valence-electron chi connectivity index (χ3n) is 4.46. The summed E-state index contributed by atoms with van der Waals surface area (Å²) in [5.41, 5.74) is 1.30. The van der Waals surface area contributed by atoms with Crippen LogP contribution < -0.4 is 5.32 Å². The lowest BCUT2D eigenvalue weighted by atomic mass is 9.95. The number of amides is 1. The topological polar surface area (TPSA) is 29.1 Å². The highest BCUT2D eigenvalue weighted by molar-refractivity contribution is 9.09. The first-order chi connectivity index (χ1) is 9.64. The van der Waals surface area contributed by atoms with Gasteiger partial charge >= 0.3 is 0 Å². The molecule has 1 aromatic heterocycles. The molecule has 0 saturated carbocycles. The minimum atomic E-state index is -0.113. The number of hydrogen-bond acceptors (Lipinski definition) is 2. The zero-order chi connectivity index (χ0) is 14.6. The second-order valence-electron chi connectivity index (χ2n) is 5.69. The van der Waals surface area contributed by atoms with Crippen LogP contribution in [0.25, 0.3) is 0 Å². The van der Waals surface area contributed by atoms with Gasteiger partial charge in [0, 0.05) is 15.7 Å². The van der Waals surface area contributed by atoms with Gasteiger partial charge in [0.1, 0.15) is 0 Å². The second kappa shape index (κ2) is 7.08. The molecule has 1 aliphatic carbocycles. The molecular formula is C16H24BrNOS. The number of hydrogen-bond donors (Lipinski definition) is 1. The van der Waals surface area contributed by atoms with Crippen LogP contribution in [0.4, 0.5) is 0 Å². The number of halogens is 1. The molecule has 1 aromatic rings. The van der Waals surface area contributed by atoms with Crippen LogP contribution in [-0.4, -0.2) is 16.8 Å². The molecule has 0 atom stereocenters. The Morgan fingerprint density at radius 2 is 2.00 bits per heavy atom. The fourth-order valence-corrected chi connectivity index (χ4v) is 4.81. The molecule has 0 unspecified atom stereocenters. The Morgan fingerprint density at radius 3 is 2.65 bits per heavy atom. The van der Waals surface area contributed by atoms with Crippen molar-refractivity contribution in [1.29, 1.82) is 0 Å². The summed E-state index contributed by atoms with van der Waals surface area (Å²) in [7, 11) is 0. The maximum absolute atomic E-state index is 12.5. The second-order valence-corrected chi connectivity index (χ2v) is 7.39. The number of nitrogens with one attached hydrogen (secondary N) is 1. The van der Waals surface area contributed by atoms with Gasteiger partial charge in [-0.2, -0.15) is 0 Å². The van der Waals surface area contributed by atoms with E-state index < -0.39 is 0 Å². The summed E-state index contributed by atoms with van der Waals surface area (Å²) in [4.78, 5) is 14.8. The van der Waals surface area contributed by atoms with Crippen LogP contribution in [0.3, 0.4) is 0 Å². The van der Waals surface area contributed by atoms with Crippen LogP contribution >= 0.6 is 27.3 Å². The fraction of sp³-hybridized carbons (Fsp3) is 0.688. The highest BCUT2D eigenvalue weighted by Crippen LogP contribution is 2.29. The molecule has 2 rings (SSSR count). The Balaban J connectivity index is 2.13. The summed E-state index contributed by atoms with van der Waals surface area (Å²) >= 11 is 5.25. The van der Waals surface area contributed by atoms with Crippen LogP contribution in [0.2, 0.25) is 0 Å². The molecule has 2 nitrogen and oxygen atoms in total. The number of carbonyl (C=O) groups excluding carboxylic acids is 1. The summed E-state index contributed by atoms with van der Waals surface area (Å²) in [5, 5.41) is 4.05. The van der Waals surface area contributed by atoms with Crippen LogP contribution in [0.15, 0.2) is 6.07 Å². The molecule has 0 radical (unpaired) electrons. The maximum Gasteiger partial charge on any atom is 0.261 e. The van der Waals surface area contributed by atoms with Gasteiger partial charge < -0.3 is 5.32 Å². The molecule has 112 valence electrons. The quantitative estimate of drug-likeness (QED) is 0.600. The third kappa shape index (κ3) is 3.45. The fourth-order valence-electron chi connectivity index (χ4n) is 2.73. The van der Waals surface area contributed by atoms with Gasteiger partial charge in [-0.25, -0.2) is 0 Å². The minimum absolute atomic E-state index is 0.103. The molecule has 0 aromatic carbocycles. The van der Waals surface area contributed by atoms with E-state index in [9.17, 15) is 4.79 Å². The summed E-state index contributed by atoms with van der Waals surface area (Å²) in [6, 6.07) is 2.13. The van der Waals surface area contributed by atoms with E-state index in [0.29, 0.717) is 0 Å². The Hall–Kier alpha value is -0.350. The SMILES string of the molecule is CCC(CC)(CBr)NC(=O)c1cc2c(s1)CCCCC2. The number of fused-ring (bicyclic) bond motifs is 1. The number of carbonyl (C=O) groups is 1. The van der Waals surface area contributed by atoms with Crippen molar-refractivity contribution >= 4 is 33.2 Å². The molecule has 1 aliphatic rings. The molecule has 0 spiro atoms. The predicted molar refractivity (Wildman–Crippen MR) is 90.2 cm³/mol. The van der Waals surface area contributed by atoms with E-state index in [4.69, 9.17) is 0 Å². The third-order valence-corrected chi connectivity index (χ3v) is 6.77. The van der Waals surface area contributed by atoms with Gasteiger partial charge in [0.05, 0.1) is 4.88 Å². The Kier molecular flexibility index (Phi) is 5.67. The Bertz CT molecular complexity index is 433. The Morgan fingerprint density at radius 1 is 1.30 bits per heavy atom. The molecule has 1 amide bonds. The van der Waals surface area contributed by atoms with Gasteiger partial charge in [-0.1, -0.05) is 36.2 Å².